The van der Waals surface area contributed by atoms with Gasteiger partial charge in [0.15, 0.2) is 0 Å². The van der Waals surface area contributed by atoms with Crippen molar-refractivity contribution in [3.63, 3.8) is 0 Å². The van der Waals surface area contributed by atoms with Gasteiger partial charge in [0.05, 0.1) is 0 Å². The highest BCUT2D eigenvalue weighted by atomic mass is 16.5. The quantitative estimate of drug-likeness (QED) is 0.831. The standard InChI is InChI=1S/C15H13NO2/c16-15(17)12-7-8-14-11(9-12)6-5-10-3-1-2-4-13(10)18-14/h1-4,7-9H,5-6H2,(H2,16,17). The molecule has 0 bridgehead atoms. The molecule has 3 heteroatoms. The fourth-order valence-corrected chi connectivity index (χ4v) is 2.23. The highest BCUT2D eigenvalue weighted by molar-refractivity contribution is 5.93. The van der Waals surface area contributed by atoms with Gasteiger partial charge in [0.25, 0.3) is 0 Å². The smallest absolute Gasteiger partial charge is 0.248 e. The molecule has 2 aromatic rings. The molecule has 0 spiro atoms. The number of nitrogens with two attached hydrogens (primary N) is 1. The van der Waals surface area contributed by atoms with Crippen LogP contribution in [-0.2, 0) is 12.8 Å². The fraction of sp³-hybridized carbons (Fsp3) is 0.133. The van der Waals surface area contributed by atoms with Crippen molar-refractivity contribution in [2.75, 3.05) is 0 Å². The minimum absolute atomic E-state index is 0.403. The number of primary amides is 1. The average Bonchev–Trinajstić information content (AvgIpc) is 2.56. The zero-order chi connectivity index (χ0) is 12.5. The lowest BCUT2D eigenvalue weighted by Gasteiger charge is -2.09. The first-order valence-electron chi connectivity index (χ1n) is 5.92. The molecule has 0 saturated carbocycles. The first kappa shape index (κ1) is 10.8. The Labute approximate surface area is 105 Å². The van der Waals surface area contributed by atoms with Crippen LogP contribution in [0.25, 0.3) is 0 Å². The van der Waals surface area contributed by atoms with E-state index in [1.807, 2.05) is 30.3 Å². The summed E-state index contributed by atoms with van der Waals surface area (Å²) in [5.74, 6) is 1.30. The second-order valence-electron chi connectivity index (χ2n) is 4.40. The van der Waals surface area contributed by atoms with Gasteiger partial charge in [0.1, 0.15) is 11.5 Å². The van der Waals surface area contributed by atoms with Gasteiger partial charge < -0.3 is 10.5 Å². The third-order valence-electron chi connectivity index (χ3n) is 3.20. The zero-order valence-electron chi connectivity index (χ0n) is 9.85. The third-order valence-corrected chi connectivity index (χ3v) is 3.20. The van der Waals surface area contributed by atoms with Crippen molar-refractivity contribution >= 4 is 5.91 Å². The Morgan fingerprint density at radius 1 is 1.00 bits per heavy atom. The van der Waals surface area contributed by atoms with E-state index < -0.39 is 5.91 Å². The Kier molecular flexibility index (Phi) is 2.52. The molecule has 1 aliphatic rings. The van der Waals surface area contributed by atoms with Gasteiger partial charge in [-0.15, -0.1) is 0 Å². The predicted octanol–water partition coefficient (Wildman–Crippen LogP) is 2.68. The second-order valence-corrected chi connectivity index (χ2v) is 4.40. The van der Waals surface area contributed by atoms with Crippen LogP contribution in [0.15, 0.2) is 42.5 Å². The average molecular weight is 239 g/mol. The third kappa shape index (κ3) is 1.84. The van der Waals surface area contributed by atoms with Crippen LogP contribution in [-0.4, -0.2) is 5.91 Å². The number of fused-ring (bicyclic) bond motifs is 2. The molecule has 2 N–H and O–H groups in total. The molecule has 0 atom stereocenters. The van der Waals surface area contributed by atoms with Gasteiger partial charge in [0, 0.05) is 5.56 Å². The van der Waals surface area contributed by atoms with Crippen molar-refractivity contribution < 1.29 is 9.53 Å². The Hall–Kier alpha value is -2.29. The molecule has 3 rings (SSSR count). The number of carbonyl (C=O) groups is 1. The van der Waals surface area contributed by atoms with Crippen molar-refractivity contribution in [1.29, 1.82) is 0 Å². The lowest BCUT2D eigenvalue weighted by Crippen LogP contribution is -2.11. The SMILES string of the molecule is NC(=O)c1ccc2c(c1)CCc1ccccc1O2. The van der Waals surface area contributed by atoms with Crippen molar-refractivity contribution in [1.82, 2.24) is 0 Å². The number of ether oxygens (including phenoxy) is 1. The highest BCUT2D eigenvalue weighted by Gasteiger charge is 2.15. The minimum Gasteiger partial charge on any atom is -0.457 e. The number of aryl methyl sites for hydroxylation is 2. The molecule has 0 radical (unpaired) electrons. The first-order chi connectivity index (χ1) is 8.74. The summed E-state index contributed by atoms with van der Waals surface area (Å²) < 4.78 is 5.89. The Bertz CT molecular complexity index is 620. The summed E-state index contributed by atoms with van der Waals surface area (Å²) >= 11 is 0. The van der Waals surface area contributed by atoms with E-state index in [9.17, 15) is 4.79 Å². The monoisotopic (exact) mass is 239 g/mol. The number of hydrogen-bond acceptors (Lipinski definition) is 2. The fourth-order valence-electron chi connectivity index (χ4n) is 2.23. The van der Waals surface area contributed by atoms with Crippen LogP contribution in [0.5, 0.6) is 11.5 Å². The maximum absolute atomic E-state index is 11.2. The summed E-state index contributed by atoms with van der Waals surface area (Å²) in [7, 11) is 0. The number of amides is 1. The molecule has 1 amide bonds. The van der Waals surface area contributed by atoms with Crippen molar-refractivity contribution in [3.8, 4) is 11.5 Å². The molecule has 0 aromatic heterocycles. The number of carbonyl (C=O) groups excluding carboxylic acids is 1. The van der Waals surface area contributed by atoms with Crippen molar-refractivity contribution in [3.05, 3.63) is 59.2 Å². The normalized spacial score (nSPS) is 12.9. The summed E-state index contributed by atoms with van der Waals surface area (Å²) in [6.45, 7) is 0. The molecule has 3 nitrogen and oxygen atoms in total. The van der Waals surface area contributed by atoms with Gasteiger partial charge in [-0.2, -0.15) is 0 Å². The van der Waals surface area contributed by atoms with Crippen LogP contribution in [0, 0.1) is 0 Å². The van der Waals surface area contributed by atoms with Gasteiger partial charge >= 0.3 is 0 Å². The molecule has 1 heterocycles. The van der Waals surface area contributed by atoms with Crippen molar-refractivity contribution in [2.45, 2.75) is 12.8 Å². The molecule has 90 valence electrons. The topological polar surface area (TPSA) is 52.3 Å². The second kappa shape index (κ2) is 4.18. The number of para-hydroxylation sites is 1. The van der Waals surface area contributed by atoms with Gasteiger partial charge in [-0.25, -0.2) is 0 Å². The minimum atomic E-state index is -0.403. The first-order valence-corrected chi connectivity index (χ1v) is 5.92. The maximum Gasteiger partial charge on any atom is 0.248 e. The molecular weight excluding hydrogens is 226 g/mol. The summed E-state index contributed by atoms with van der Waals surface area (Å²) in [6, 6.07) is 13.3. The van der Waals surface area contributed by atoms with E-state index in [1.54, 1.807) is 6.07 Å². The largest absolute Gasteiger partial charge is 0.457 e. The summed E-state index contributed by atoms with van der Waals surface area (Å²) in [4.78, 5) is 11.2. The molecule has 2 aromatic carbocycles. The summed E-state index contributed by atoms with van der Waals surface area (Å²) in [6.07, 6.45) is 1.76. The zero-order valence-corrected chi connectivity index (χ0v) is 9.85. The molecular formula is C15H13NO2. The van der Waals surface area contributed by atoms with E-state index in [0.717, 1.165) is 29.9 Å². The van der Waals surface area contributed by atoms with Gasteiger partial charge in [-0.1, -0.05) is 18.2 Å². The van der Waals surface area contributed by atoms with E-state index in [2.05, 4.69) is 6.07 Å². The molecule has 0 fully saturated rings. The van der Waals surface area contributed by atoms with Crippen LogP contribution in [0.2, 0.25) is 0 Å². The Balaban J connectivity index is 2.04. The Morgan fingerprint density at radius 3 is 2.56 bits per heavy atom. The van der Waals surface area contributed by atoms with E-state index in [4.69, 9.17) is 10.5 Å². The lowest BCUT2D eigenvalue weighted by atomic mass is 10.0. The van der Waals surface area contributed by atoms with Gasteiger partial charge in [-0.05, 0) is 48.2 Å². The van der Waals surface area contributed by atoms with E-state index in [0.29, 0.717) is 5.56 Å². The Morgan fingerprint density at radius 2 is 1.72 bits per heavy atom. The van der Waals surface area contributed by atoms with Gasteiger partial charge in [0.2, 0.25) is 5.91 Å². The molecule has 0 unspecified atom stereocenters. The molecule has 0 saturated heterocycles. The van der Waals surface area contributed by atoms with Gasteiger partial charge in [-0.3, -0.25) is 4.79 Å². The highest BCUT2D eigenvalue weighted by Crippen LogP contribution is 2.33. The number of hydrogen-bond donors (Lipinski definition) is 1. The van der Waals surface area contributed by atoms with E-state index >= 15 is 0 Å². The van der Waals surface area contributed by atoms with Crippen LogP contribution < -0.4 is 10.5 Å². The van der Waals surface area contributed by atoms with Crippen LogP contribution in [0.3, 0.4) is 0 Å². The van der Waals surface area contributed by atoms with E-state index in [1.165, 1.54) is 5.56 Å². The maximum atomic E-state index is 11.2. The van der Waals surface area contributed by atoms with Crippen LogP contribution in [0.4, 0.5) is 0 Å². The van der Waals surface area contributed by atoms with Crippen LogP contribution in [0.1, 0.15) is 21.5 Å². The van der Waals surface area contributed by atoms with E-state index in [-0.39, 0.29) is 0 Å². The summed E-state index contributed by atoms with van der Waals surface area (Å²) in [5.41, 5.74) is 8.04. The predicted molar refractivity (Wildman–Crippen MR) is 68.9 cm³/mol. The van der Waals surface area contributed by atoms with Crippen LogP contribution >= 0.6 is 0 Å². The molecule has 1 aliphatic heterocycles. The molecule has 0 aliphatic carbocycles. The van der Waals surface area contributed by atoms with Crippen molar-refractivity contribution in [2.24, 2.45) is 5.73 Å². The number of benzene rings is 2. The summed E-state index contributed by atoms with van der Waals surface area (Å²) in [5, 5.41) is 0. The lowest BCUT2D eigenvalue weighted by molar-refractivity contribution is 0.1000. The molecule has 18 heavy (non-hydrogen) atoms. The number of rotatable bonds is 1.